The lowest BCUT2D eigenvalue weighted by molar-refractivity contribution is 0.0954. The molecule has 1 atom stereocenters. The molecule has 0 bridgehead atoms. The Morgan fingerprint density at radius 3 is 2.68 bits per heavy atom. The molecule has 0 aliphatic carbocycles. The number of aromatic hydroxyl groups is 1. The summed E-state index contributed by atoms with van der Waals surface area (Å²) >= 11 is 0. The molecule has 1 aliphatic heterocycles. The van der Waals surface area contributed by atoms with Gasteiger partial charge in [0.2, 0.25) is 10.0 Å². The van der Waals surface area contributed by atoms with Crippen molar-refractivity contribution in [3.8, 4) is 5.75 Å². The van der Waals surface area contributed by atoms with Crippen LogP contribution < -0.4 is 10.0 Å². The van der Waals surface area contributed by atoms with Gasteiger partial charge in [0.05, 0.1) is 11.0 Å². The fourth-order valence-corrected chi connectivity index (χ4v) is 4.09. The SMILES string of the molecule is O=C(NCCc1ccc(O)cc1)c1cccc(S(=O)(=O)NC[C@@H]2CCCO2)c1. The summed E-state index contributed by atoms with van der Waals surface area (Å²) in [5.41, 5.74) is 1.26. The molecule has 1 heterocycles. The topological polar surface area (TPSA) is 105 Å². The van der Waals surface area contributed by atoms with Gasteiger partial charge in [0.15, 0.2) is 0 Å². The molecule has 0 radical (unpaired) electrons. The number of hydrogen-bond donors (Lipinski definition) is 3. The van der Waals surface area contributed by atoms with Crippen LogP contribution >= 0.6 is 0 Å². The van der Waals surface area contributed by atoms with Crippen LogP contribution in [0, 0.1) is 0 Å². The van der Waals surface area contributed by atoms with Crippen LogP contribution in [0.15, 0.2) is 53.4 Å². The van der Waals surface area contributed by atoms with Crippen LogP contribution in [0.2, 0.25) is 0 Å². The molecule has 1 saturated heterocycles. The predicted octanol–water partition coefficient (Wildman–Crippen LogP) is 1.82. The van der Waals surface area contributed by atoms with Crippen LogP contribution in [-0.4, -0.2) is 45.2 Å². The van der Waals surface area contributed by atoms with Gasteiger partial charge in [-0.3, -0.25) is 4.79 Å². The number of phenols is 1. The largest absolute Gasteiger partial charge is 0.508 e. The second kappa shape index (κ2) is 9.18. The molecule has 28 heavy (non-hydrogen) atoms. The highest BCUT2D eigenvalue weighted by atomic mass is 32.2. The number of ether oxygens (including phenoxy) is 1. The molecule has 1 amide bonds. The highest BCUT2D eigenvalue weighted by molar-refractivity contribution is 7.89. The van der Waals surface area contributed by atoms with E-state index in [1.807, 2.05) is 0 Å². The predicted molar refractivity (Wildman–Crippen MR) is 105 cm³/mol. The Balaban J connectivity index is 1.56. The molecule has 1 aliphatic rings. The Morgan fingerprint density at radius 1 is 1.18 bits per heavy atom. The number of carbonyl (C=O) groups excluding carboxylic acids is 1. The summed E-state index contributed by atoms with van der Waals surface area (Å²) in [6.07, 6.45) is 2.28. The summed E-state index contributed by atoms with van der Waals surface area (Å²) in [5, 5.41) is 12.1. The molecule has 8 heteroatoms. The van der Waals surface area contributed by atoms with Crippen molar-refractivity contribution >= 4 is 15.9 Å². The molecule has 3 N–H and O–H groups in total. The second-order valence-electron chi connectivity index (χ2n) is 6.69. The Kier molecular flexibility index (Phi) is 6.66. The van der Waals surface area contributed by atoms with E-state index < -0.39 is 10.0 Å². The van der Waals surface area contributed by atoms with Crippen molar-refractivity contribution in [3.63, 3.8) is 0 Å². The number of amides is 1. The summed E-state index contributed by atoms with van der Waals surface area (Å²) in [6.45, 7) is 1.29. The lowest BCUT2D eigenvalue weighted by Gasteiger charge is -2.12. The van der Waals surface area contributed by atoms with E-state index in [0.717, 1.165) is 18.4 Å². The molecule has 150 valence electrons. The molecule has 0 spiro atoms. The van der Waals surface area contributed by atoms with Crippen LogP contribution in [0.4, 0.5) is 0 Å². The minimum absolute atomic E-state index is 0.0525. The Labute approximate surface area is 164 Å². The van der Waals surface area contributed by atoms with Gasteiger partial charge in [-0.15, -0.1) is 0 Å². The van der Waals surface area contributed by atoms with Gasteiger partial charge in [-0.25, -0.2) is 13.1 Å². The van der Waals surface area contributed by atoms with Gasteiger partial charge in [-0.2, -0.15) is 0 Å². The summed E-state index contributed by atoms with van der Waals surface area (Å²) in [7, 11) is -3.71. The van der Waals surface area contributed by atoms with Crippen LogP contribution in [0.1, 0.15) is 28.8 Å². The van der Waals surface area contributed by atoms with Gasteiger partial charge >= 0.3 is 0 Å². The summed E-state index contributed by atoms with van der Waals surface area (Å²) < 4.78 is 32.9. The van der Waals surface area contributed by atoms with E-state index in [0.29, 0.717) is 19.6 Å². The molecule has 2 aromatic rings. The zero-order valence-electron chi connectivity index (χ0n) is 15.4. The van der Waals surface area contributed by atoms with E-state index in [-0.39, 0.29) is 34.8 Å². The molecule has 0 unspecified atom stereocenters. The first-order valence-electron chi connectivity index (χ1n) is 9.21. The first-order valence-corrected chi connectivity index (χ1v) is 10.7. The maximum atomic E-state index is 12.5. The van der Waals surface area contributed by atoms with Crippen LogP contribution in [-0.2, 0) is 21.2 Å². The number of hydrogen-bond acceptors (Lipinski definition) is 5. The highest BCUT2D eigenvalue weighted by Gasteiger charge is 2.21. The van der Waals surface area contributed by atoms with Crippen molar-refractivity contribution in [2.75, 3.05) is 19.7 Å². The average Bonchev–Trinajstić information content (AvgIpc) is 3.22. The molecule has 2 aromatic carbocycles. The molecule has 0 aromatic heterocycles. The van der Waals surface area contributed by atoms with Gasteiger partial charge in [-0.1, -0.05) is 18.2 Å². The fourth-order valence-electron chi connectivity index (χ4n) is 2.98. The molecule has 1 fully saturated rings. The molecule has 0 saturated carbocycles. The molecule has 3 rings (SSSR count). The first kappa shape index (κ1) is 20.3. The zero-order chi connectivity index (χ0) is 20.0. The number of phenolic OH excluding ortho intramolecular Hbond substituents is 1. The lowest BCUT2D eigenvalue weighted by Crippen LogP contribution is -2.32. The normalized spacial score (nSPS) is 16.8. The third kappa shape index (κ3) is 5.54. The summed E-state index contributed by atoms with van der Waals surface area (Å²) in [4.78, 5) is 12.4. The molecular weight excluding hydrogens is 380 g/mol. The van der Waals surface area contributed by atoms with E-state index >= 15 is 0 Å². The maximum absolute atomic E-state index is 12.5. The van der Waals surface area contributed by atoms with Crippen molar-refractivity contribution in [1.82, 2.24) is 10.0 Å². The van der Waals surface area contributed by atoms with Crippen molar-refractivity contribution in [2.24, 2.45) is 0 Å². The summed E-state index contributed by atoms with van der Waals surface area (Å²) in [5.74, 6) is -0.145. The quantitative estimate of drug-likeness (QED) is 0.623. The standard InChI is InChI=1S/C20H24N2O5S/c23-17-8-6-15(7-9-17)10-11-21-20(24)16-3-1-5-19(13-16)28(25,26)22-14-18-4-2-12-27-18/h1,3,5-9,13,18,22-23H,2,4,10-12,14H2,(H,21,24)/t18-/m0/s1. The van der Waals surface area contributed by atoms with Gasteiger partial charge in [0, 0.05) is 25.3 Å². The van der Waals surface area contributed by atoms with Gasteiger partial charge in [0.25, 0.3) is 5.91 Å². The van der Waals surface area contributed by atoms with Crippen LogP contribution in [0.5, 0.6) is 5.75 Å². The van der Waals surface area contributed by atoms with Crippen molar-refractivity contribution in [2.45, 2.75) is 30.3 Å². The van der Waals surface area contributed by atoms with Gasteiger partial charge in [-0.05, 0) is 55.2 Å². The van der Waals surface area contributed by atoms with Crippen molar-refractivity contribution in [3.05, 3.63) is 59.7 Å². The number of rotatable bonds is 8. The van der Waals surface area contributed by atoms with E-state index in [4.69, 9.17) is 4.74 Å². The third-order valence-electron chi connectivity index (χ3n) is 4.57. The van der Waals surface area contributed by atoms with Crippen molar-refractivity contribution in [1.29, 1.82) is 0 Å². The first-order chi connectivity index (χ1) is 13.4. The van der Waals surface area contributed by atoms with Gasteiger partial charge in [0.1, 0.15) is 5.75 Å². The minimum Gasteiger partial charge on any atom is -0.508 e. The van der Waals surface area contributed by atoms with Crippen LogP contribution in [0.3, 0.4) is 0 Å². The maximum Gasteiger partial charge on any atom is 0.251 e. The third-order valence-corrected chi connectivity index (χ3v) is 5.99. The number of carbonyl (C=O) groups is 1. The van der Waals surface area contributed by atoms with E-state index in [2.05, 4.69) is 10.0 Å². The van der Waals surface area contributed by atoms with E-state index in [1.54, 1.807) is 36.4 Å². The molecular formula is C20H24N2O5S. The average molecular weight is 404 g/mol. The minimum atomic E-state index is -3.71. The summed E-state index contributed by atoms with van der Waals surface area (Å²) in [6, 6.07) is 12.7. The lowest BCUT2D eigenvalue weighted by atomic mass is 10.1. The monoisotopic (exact) mass is 404 g/mol. The number of benzene rings is 2. The van der Waals surface area contributed by atoms with Gasteiger partial charge < -0.3 is 15.2 Å². The number of sulfonamides is 1. The van der Waals surface area contributed by atoms with E-state index in [9.17, 15) is 18.3 Å². The smallest absolute Gasteiger partial charge is 0.251 e. The fraction of sp³-hybridized carbons (Fsp3) is 0.350. The Hall–Kier alpha value is -2.42. The Bertz CT molecular complexity index is 906. The molecule has 7 nitrogen and oxygen atoms in total. The second-order valence-corrected chi connectivity index (χ2v) is 8.45. The zero-order valence-corrected chi connectivity index (χ0v) is 16.2. The van der Waals surface area contributed by atoms with Crippen LogP contribution in [0.25, 0.3) is 0 Å². The van der Waals surface area contributed by atoms with Crippen molar-refractivity contribution < 1.29 is 23.1 Å². The Morgan fingerprint density at radius 2 is 1.96 bits per heavy atom. The number of nitrogens with one attached hydrogen (secondary N) is 2. The highest BCUT2D eigenvalue weighted by Crippen LogP contribution is 2.15. The van der Waals surface area contributed by atoms with E-state index in [1.165, 1.54) is 12.1 Å².